The third-order valence-electron chi connectivity index (χ3n) is 5.63. The fourth-order valence-electron chi connectivity index (χ4n) is 3.69. The average molecular weight is 517 g/mol. The van der Waals surface area contributed by atoms with Gasteiger partial charge in [-0.3, -0.25) is 14.4 Å². The van der Waals surface area contributed by atoms with E-state index in [0.717, 1.165) is 5.56 Å². The molecule has 2 aromatic rings. The minimum Gasteiger partial charge on any atom is -0.480 e. The van der Waals surface area contributed by atoms with Crippen LogP contribution in [-0.4, -0.2) is 74.1 Å². The molecule has 0 aliphatic rings. The Morgan fingerprint density at radius 1 is 0.946 bits per heavy atom. The Morgan fingerprint density at radius 2 is 1.59 bits per heavy atom. The lowest BCUT2D eigenvalue weighted by Crippen LogP contribution is -2.60. The van der Waals surface area contributed by atoms with Gasteiger partial charge < -0.3 is 36.9 Å². The second-order valence-electron chi connectivity index (χ2n) is 9.39. The number of carbonyl (C=O) groups excluding carboxylic acids is 3. The number of aliphatic carboxylic acids is 1. The molecule has 1 aromatic heterocycles. The number of imidazole rings is 1. The number of hydrogen-bond donors (Lipinski definition) is 7. The first kappa shape index (κ1) is 29.5. The molecule has 1 heterocycles. The van der Waals surface area contributed by atoms with Gasteiger partial charge in [0.25, 0.3) is 0 Å². The van der Waals surface area contributed by atoms with Gasteiger partial charge in [0, 0.05) is 24.7 Å². The molecule has 0 aliphatic heterocycles. The van der Waals surface area contributed by atoms with E-state index in [-0.39, 0.29) is 18.8 Å². The van der Waals surface area contributed by atoms with Gasteiger partial charge in [0.05, 0.1) is 18.5 Å². The SMILES string of the molecule is CC(C)CC(N)C(=O)NC(Cc1ccccc1)C(=O)NC(C(=O)NC(Cc1cnc[nH]1)C(=O)O)C(C)O. The van der Waals surface area contributed by atoms with Gasteiger partial charge in [-0.2, -0.15) is 0 Å². The molecule has 5 atom stereocenters. The predicted octanol–water partition coefficient (Wildman–Crippen LogP) is -0.512. The van der Waals surface area contributed by atoms with Crippen molar-refractivity contribution in [1.82, 2.24) is 25.9 Å². The van der Waals surface area contributed by atoms with Crippen LogP contribution in [0.2, 0.25) is 0 Å². The fourth-order valence-corrected chi connectivity index (χ4v) is 3.69. The molecule has 202 valence electrons. The zero-order valence-corrected chi connectivity index (χ0v) is 21.2. The van der Waals surface area contributed by atoms with E-state index >= 15 is 0 Å². The van der Waals surface area contributed by atoms with Crippen molar-refractivity contribution in [3.8, 4) is 0 Å². The topological polar surface area (TPSA) is 200 Å². The number of nitrogens with zero attached hydrogens (tertiary/aromatic N) is 1. The van der Waals surface area contributed by atoms with Gasteiger partial charge >= 0.3 is 5.97 Å². The highest BCUT2D eigenvalue weighted by Crippen LogP contribution is 2.08. The molecule has 0 radical (unpaired) electrons. The van der Waals surface area contributed by atoms with E-state index < -0.39 is 54.0 Å². The van der Waals surface area contributed by atoms with Crippen LogP contribution in [0, 0.1) is 5.92 Å². The normalized spacial score (nSPS) is 15.2. The van der Waals surface area contributed by atoms with Gasteiger partial charge in [-0.25, -0.2) is 9.78 Å². The van der Waals surface area contributed by atoms with Crippen molar-refractivity contribution in [1.29, 1.82) is 0 Å². The molecule has 5 unspecified atom stereocenters. The zero-order valence-electron chi connectivity index (χ0n) is 21.2. The minimum atomic E-state index is -1.48. The summed E-state index contributed by atoms with van der Waals surface area (Å²) in [6.07, 6.45) is 1.89. The predicted molar refractivity (Wildman–Crippen MR) is 135 cm³/mol. The van der Waals surface area contributed by atoms with Gasteiger partial charge in [0.1, 0.15) is 18.1 Å². The molecule has 0 aliphatic carbocycles. The maximum atomic E-state index is 13.2. The second kappa shape index (κ2) is 14.1. The lowest BCUT2D eigenvalue weighted by Gasteiger charge is -2.26. The number of hydrogen-bond acceptors (Lipinski definition) is 7. The van der Waals surface area contributed by atoms with Crippen LogP contribution in [0.25, 0.3) is 0 Å². The van der Waals surface area contributed by atoms with E-state index in [1.54, 1.807) is 24.3 Å². The third kappa shape index (κ3) is 9.66. The number of carbonyl (C=O) groups is 4. The summed E-state index contributed by atoms with van der Waals surface area (Å²) in [6.45, 7) is 5.13. The van der Waals surface area contributed by atoms with Crippen LogP contribution in [0.3, 0.4) is 0 Å². The third-order valence-corrected chi connectivity index (χ3v) is 5.63. The van der Waals surface area contributed by atoms with Gasteiger partial charge in [-0.05, 0) is 24.8 Å². The zero-order chi connectivity index (χ0) is 27.5. The number of rotatable bonds is 14. The molecular weight excluding hydrogens is 480 g/mol. The van der Waals surface area contributed by atoms with E-state index in [4.69, 9.17) is 5.73 Å². The Labute approximate surface area is 215 Å². The monoisotopic (exact) mass is 516 g/mol. The summed E-state index contributed by atoms with van der Waals surface area (Å²) in [6, 6.07) is 4.21. The van der Waals surface area contributed by atoms with E-state index in [1.165, 1.54) is 19.4 Å². The van der Waals surface area contributed by atoms with Crippen LogP contribution < -0.4 is 21.7 Å². The van der Waals surface area contributed by atoms with Crippen LogP contribution in [0.4, 0.5) is 0 Å². The van der Waals surface area contributed by atoms with Crippen molar-refractivity contribution in [2.75, 3.05) is 0 Å². The Balaban J connectivity index is 2.17. The van der Waals surface area contributed by atoms with Crippen LogP contribution in [-0.2, 0) is 32.0 Å². The first-order chi connectivity index (χ1) is 17.5. The average Bonchev–Trinajstić information content (AvgIpc) is 3.34. The highest BCUT2D eigenvalue weighted by Gasteiger charge is 2.33. The van der Waals surface area contributed by atoms with Crippen molar-refractivity contribution >= 4 is 23.7 Å². The molecular formula is C25H36N6O6. The van der Waals surface area contributed by atoms with E-state index in [1.807, 2.05) is 19.9 Å². The number of aromatic amines is 1. The number of H-pyrrole nitrogens is 1. The summed E-state index contributed by atoms with van der Waals surface area (Å²) in [7, 11) is 0. The molecule has 12 nitrogen and oxygen atoms in total. The minimum absolute atomic E-state index is 0.0814. The molecule has 12 heteroatoms. The quantitative estimate of drug-likeness (QED) is 0.174. The van der Waals surface area contributed by atoms with Gasteiger partial charge in [0.15, 0.2) is 0 Å². The number of aromatic nitrogens is 2. The van der Waals surface area contributed by atoms with Crippen LogP contribution in [0.15, 0.2) is 42.9 Å². The van der Waals surface area contributed by atoms with Gasteiger partial charge in [-0.15, -0.1) is 0 Å². The largest absolute Gasteiger partial charge is 0.480 e. The van der Waals surface area contributed by atoms with Crippen molar-refractivity contribution in [2.45, 2.75) is 70.3 Å². The molecule has 0 fully saturated rings. The van der Waals surface area contributed by atoms with Gasteiger partial charge in [0.2, 0.25) is 17.7 Å². The Hall–Kier alpha value is -3.77. The molecule has 37 heavy (non-hydrogen) atoms. The van der Waals surface area contributed by atoms with Crippen molar-refractivity contribution in [3.05, 3.63) is 54.1 Å². The van der Waals surface area contributed by atoms with Crippen molar-refractivity contribution < 1.29 is 29.4 Å². The summed E-state index contributed by atoms with van der Waals surface area (Å²) in [5, 5.41) is 27.2. The highest BCUT2D eigenvalue weighted by molar-refractivity contribution is 5.94. The number of amides is 3. The van der Waals surface area contributed by atoms with Crippen molar-refractivity contribution in [3.63, 3.8) is 0 Å². The Morgan fingerprint density at radius 3 is 2.14 bits per heavy atom. The molecule has 2 rings (SSSR count). The van der Waals surface area contributed by atoms with Gasteiger partial charge in [-0.1, -0.05) is 44.2 Å². The maximum absolute atomic E-state index is 13.2. The number of nitrogens with two attached hydrogens (primary N) is 1. The molecule has 0 saturated heterocycles. The first-order valence-corrected chi connectivity index (χ1v) is 12.1. The van der Waals surface area contributed by atoms with Crippen LogP contribution >= 0.6 is 0 Å². The first-order valence-electron chi connectivity index (χ1n) is 12.1. The van der Waals surface area contributed by atoms with E-state index in [0.29, 0.717) is 12.1 Å². The standard InChI is InChI=1S/C25H36N6O6/c1-14(2)9-18(26)22(33)29-19(10-16-7-5-4-6-8-16)23(34)31-21(15(3)32)24(35)30-20(25(36)37)11-17-12-27-13-28-17/h4-8,12-15,18-21,32H,9-11,26H2,1-3H3,(H,27,28)(H,29,33)(H,30,35)(H,31,34)(H,36,37). The summed E-state index contributed by atoms with van der Waals surface area (Å²) in [5.41, 5.74) is 7.22. The van der Waals surface area contributed by atoms with Crippen LogP contribution in [0.1, 0.15) is 38.4 Å². The number of benzene rings is 1. The van der Waals surface area contributed by atoms with Crippen LogP contribution in [0.5, 0.6) is 0 Å². The smallest absolute Gasteiger partial charge is 0.326 e. The summed E-state index contributed by atoms with van der Waals surface area (Å²) < 4.78 is 0. The number of nitrogens with one attached hydrogen (secondary N) is 4. The summed E-state index contributed by atoms with van der Waals surface area (Å²) in [4.78, 5) is 57.1. The number of carboxylic acid groups (broad SMARTS) is 1. The Bertz CT molecular complexity index is 1030. The molecule has 0 bridgehead atoms. The van der Waals surface area contributed by atoms with Crippen molar-refractivity contribution in [2.24, 2.45) is 11.7 Å². The fraction of sp³-hybridized carbons (Fsp3) is 0.480. The lowest BCUT2D eigenvalue weighted by molar-refractivity contribution is -0.143. The molecule has 8 N–H and O–H groups in total. The summed E-state index contributed by atoms with van der Waals surface area (Å²) in [5.74, 6) is -3.28. The molecule has 0 saturated carbocycles. The number of aliphatic hydroxyl groups excluding tert-OH is 1. The molecule has 3 amide bonds. The summed E-state index contributed by atoms with van der Waals surface area (Å²) >= 11 is 0. The second-order valence-corrected chi connectivity index (χ2v) is 9.39. The number of carboxylic acids is 1. The molecule has 0 spiro atoms. The number of aliphatic hydroxyl groups is 1. The van der Waals surface area contributed by atoms with E-state index in [2.05, 4.69) is 25.9 Å². The maximum Gasteiger partial charge on any atom is 0.326 e. The lowest BCUT2D eigenvalue weighted by atomic mass is 10.0. The molecule has 1 aromatic carbocycles. The highest BCUT2D eigenvalue weighted by atomic mass is 16.4. The van der Waals surface area contributed by atoms with E-state index in [9.17, 15) is 29.4 Å². The Kier molecular flexibility index (Phi) is 11.2.